The fourth-order valence-electron chi connectivity index (χ4n) is 4.54. The van der Waals surface area contributed by atoms with Gasteiger partial charge in [0.05, 0.1) is 33.0 Å². The highest BCUT2D eigenvalue weighted by Gasteiger charge is 2.29. The molecule has 0 bridgehead atoms. The highest BCUT2D eigenvalue weighted by atomic mass is 35.5. The minimum Gasteiger partial charge on any atom is -0.484 e. The van der Waals surface area contributed by atoms with Gasteiger partial charge in [0.2, 0.25) is 0 Å². The molecule has 2 aromatic carbocycles. The van der Waals surface area contributed by atoms with Crippen molar-refractivity contribution in [1.82, 2.24) is 9.97 Å². The Morgan fingerprint density at radius 2 is 1.32 bits per heavy atom. The van der Waals surface area contributed by atoms with Crippen molar-refractivity contribution < 1.29 is 35.8 Å². The van der Waals surface area contributed by atoms with Crippen LogP contribution in [0.4, 0.5) is 37.7 Å². The van der Waals surface area contributed by atoms with Crippen LogP contribution < -0.4 is 14.8 Å². The number of hydrogen-bond acceptors (Lipinski definition) is 7. The van der Waals surface area contributed by atoms with Crippen molar-refractivity contribution in [1.29, 1.82) is 0 Å². The van der Waals surface area contributed by atoms with E-state index in [4.69, 9.17) is 28.6 Å². The molecule has 0 saturated carbocycles. The van der Waals surface area contributed by atoms with Crippen LogP contribution >= 0.6 is 48.0 Å². The second kappa shape index (κ2) is 18.6. The number of nitrogens with one attached hydrogen (secondary N) is 1. The highest BCUT2D eigenvalue weighted by Crippen LogP contribution is 2.32. The SMILES string of the molecule is Cc1c(OCC(F)(F)F)ccnc1CCl.Cc1c(OCC(F)(F)F)ccnc1CSC1=Nc2ccccc2C1.Cl.S=C1Cc2ccccc2N1. The molecule has 6 nitrogen and oxygen atoms in total. The van der Waals surface area contributed by atoms with Crippen molar-refractivity contribution in [3.05, 3.63) is 107 Å². The van der Waals surface area contributed by atoms with Gasteiger partial charge in [-0.05, 0) is 49.2 Å². The molecular formula is C34H32Cl2F6N4O2S2. The zero-order valence-corrected chi connectivity index (χ0v) is 29.9. The number of hydrogen-bond donors (Lipinski definition) is 1. The van der Waals surface area contributed by atoms with E-state index in [1.54, 1.807) is 25.6 Å². The van der Waals surface area contributed by atoms with Crippen LogP contribution in [0.25, 0.3) is 0 Å². The van der Waals surface area contributed by atoms with Gasteiger partial charge in [0.1, 0.15) is 11.5 Å². The summed E-state index contributed by atoms with van der Waals surface area (Å²) in [4.78, 5) is 13.7. The lowest BCUT2D eigenvalue weighted by molar-refractivity contribution is -0.154. The summed E-state index contributed by atoms with van der Waals surface area (Å²) in [6.45, 7) is 0.738. The summed E-state index contributed by atoms with van der Waals surface area (Å²) in [5.74, 6) is 1.07. The molecule has 1 N–H and O–H groups in total. The van der Waals surface area contributed by atoms with E-state index in [0.717, 1.165) is 28.6 Å². The normalized spacial score (nSPS) is 12.9. The van der Waals surface area contributed by atoms with Gasteiger partial charge in [-0.3, -0.25) is 9.97 Å². The minimum atomic E-state index is -4.35. The van der Waals surface area contributed by atoms with E-state index in [2.05, 4.69) is 37.1 Å². The summed E-state index contributed by atoms with van der Waals surface area (Å²) in [6.07, 6.45) is -4.16. The average Bonchev–Trinajstić information content (AvgIpc) is 3.65. The second-order valence-electron chi connectivity index (χ2n) is 10.7. The molecule has 2 aromatic heterocycles. The predicted octanol–water partition coefficient (Wildman–Crippen LogP) is 10.3. The Labute approximate surface area is 306 Å². The number of aromatic nitrogens is 2. The molecule has 0 saturated heterocycles. The number of fused-ring (bicyclic) bond motifs is 2. The number of benzene rings is 2. The molecule has 0 fully saturated rings. The van der Waals surface area contributed by atoms with Crippen LogP contribution in [-0.4, -0.2) is 45.6 Å². The Bertz CT molecular complexity index is 1760. The number of ether oxygens (including phenoxy) is 2. The van der Waals surface area contributed by atoms with Crippen LogP contribution in [0.5, 0.6) is 11.5 Å². The quantitative estimate of drug-likeness (QED) is 0.114. The number of thioether (sulfide) groups is 1. The topological polar surface area (TPSA) is 68.6 Å². The highest BCUT2D eigenvalue weighted by molar-refractivity contribution is 8.13. The number of halogens is 8. The van der Waals surface area contributed by atoms with Crippen molar-refractivity contribution in [3.63, 3.8) is 0 Å². The van der Waals surface area contributed by atoms with Gasteiger partial charge in [0.25, 0.3) is 0 Å². The maximum absolute atomic E-state index is 12.3. The summed E-state index contributed by atoms with van der Waals surface area (Å²) in [7, 11) is 0. The van der Waals surface area contributed by atoms with Crippen molar-refractivity contribution in [2.75, 3.05) is 18.5 Å². The molecule has 4 aromatic rings. The van der Waals surface area contributed by atoms with Crippen molar-refractivity contribution in [2.24, 2.45) is 4.99 Å². The molecule has 16 heteroatoms. The average molecular weight is 778 g/mol. The molecule has 6 rings (SSSR count). The number of thiocarbonyl (C=S) groups is 1. The molecule has 2 aliphatic rings. The van der Waals surface area contributed by atoms with Gasteiger partial charge < -0.3 is 14.8 Å². The van der Waals surface area contributed by atoms with E-state index >= 15 is 0 Å². The summed E-state index contributed by atoms with van der Waals surface area (Å²) >= 11 is 12.1. The van der Waals surface area contributed by atoms with Gasteiger partial charge in [-0.2, -0.15) is 26.3 Å². The van der Waals surface area contributed by atoms with Crippen molar-refractivity contribution in [3.8, 4) is 11.5 Å². The first kappa shape index (κ1) is 40.8. The monoisotopic (exact) mass is 776 g/mol. The first-order valence-corrected chi connectivity index (χ1v) is 16.7. The number of alkyl halides is 7. The number of aliphatic imine (C=N–C) groups is 1. The standard InChI is InChI=1S/C17H15F3N2OS.C9H9ClF3NO.C8H7NS.ClH/c1-11-14(21-7-6-15(11)23-10-17(18,19)20)9-24-16-8-12-4-2-3-5-13(12)22-16;1-6-7(4-10)14-3-2-8(6)15-5-9(11,12)13;10-8-5-6-3-1-2-4-7(6)9-8;/h2-7H,8-10H2,1H3;2-3H,4-5H2,1H3;1-4H,5H2,(H,9,10);1H. The molecular weight excluding hydrogens is 745 g/mol. The largest absolute Gasteiger partial charge is 0.484 e. The molecule has 0 amide bonds. The molecule has 0 aliphatic carbocycles. The number of para-hydroxylation sites is 2. The van der Waals surface area contributed by atoms with Crippen LogP contribution in [0.3, 0.4) is 0 Å². The van der Waals surface area contributed by atoms with E-state index in [1.807, 2.05) is 36.4 Å². The number of pyridine rings is 2. The number of rotatable bonds is 7. The molecule has 4 heterocycles. The maximum Gasteiger partial charge on any atom is 0.422 e. The van der Waals surface area contributed by atoms with Gasteiger partial charge in [0, 0.05) is 47.8 Å². The van der Waals surface area contributed by atoms with Gasteiger partial charge in [-0.1, -0.05) is 48.6 Å². The van der Waals surface area contributed by atoms with Crippen molar-refractivity contribution in [2.45, 2.75) is 50.7 Å². The summed E-state index contributed by atoms with van der Waals surface area (Å²) in [5.41, 5.74) is 7.05. The Morgan fingerprint density at radius 3 is 1.88 bits per heavy atom. The van der Waals surface area contributed by atoms with E-state index < -0.39 is 25.6 Å². The van der Waals surface area contributed by atoms with Gasteiger partial charge in [0.15, 0.2) is 13.2 Å². The lowest BCUT2D eigenvalue weighted by Crippen LogP contribution is -2.19. The van der Waals surface area contributed by atoms with E-state index in [1.165, 1.54) is 41.3 Å². The Hall–Kier alpha value is -3.59. The molecule has 0 spiro atoms. The molecule has 2 aliphatic heterocycles. The zero-order valence-electron chi connectivity index (χ0n) is 26.7. The van der Waals surface area contributed by atoms with Crippen molar-refractivity contribution >= 4 is 69.4 Å². The number of nitrogens with zero attached hydrogens (tertiary/aromatic N) is 3. The Kier molecular flexibility index (Phi) is 15.2. The van der Waals surface area contributed by atoms with Gasteiger partial charge in [-0.15, -0.1) is 35.8 Å². The summed E-state index contributed by atoms with van der Waals surface area (Å²) < 4.78 is 82.0. The summed E-state index contributed by atoms with van der Waals surface area (Å²) in [5, 5.41) is 4.11. The van der Waals surface area contributed by atoms with E-state index in [-0.39, 0.29) is 29.8 Å². The molecule has 50 heavy (non-hydrogen) atoms. The summed E-state index contributed by atoms with van der Waals surface area (Å²) in [6, 6.07) is 19.0. The molecule has 268 valence electrons. The lowest BCUT2D eigenvalue weighted by Gasteiger charge is -2.13. The third-order valence-electron chi connectivity index (χ3n) is 7.02. The molecule has 0 atom stereocenters. The number of anilines is 1. The van der Waals surface area contributed by atoms with Crippen LogP contribution in [0.1, 0.15) is 33.6 Å². The fraction of sp³-hybridized carbons (Fsp3) is 0.294. The van der Waals surface area contributed by atoms with Crippen LogP contribution in [0.15, 0.2) is 78.0 Å². The smallest absolute Gasteiger partial charge is 0.422 e. The van der Waals surface area contributed by atoms with Crippen LogP contribution in [0.2, 0.25) is 0 Å². The molecule has 0 radical (unpaired) electrons. The van der Waals surface area contributed by atoms with Gasteiger partial charge >= 0.3 is 12.4 Å². The van der Waals surface area contributed by atoms with Crippen LogP contribution in [0, 0.1) is 13.8 Å². The second-order valence-corrected chi connectivity index (χ2v) is 12.5. The first-order valence-electron chi connectivity index (χ1n) is 14.7. The zero-order chi connectivity index (χ0) is 35.6. The maximum atomic E-state index is 12.3. The fourth-order valence-corrected chi connectivity index (χ4v) is 6.08. The Balaban J connectivity index is 0.000000221. The van der Waals surface area contributed by atoms with Gasteiger partial charge in [-0.25, -0.2) is 4.99 Å². The predicted molar refractivity (Wildman–Crippen MR) is 193 cm³/mol. The van der Waals surface area contributed by atoms with E-state index in [0.29, 0.717) is 28.3 Å². The third kappa shape index (κ3) is 12.6. The van der Waals surface area contributed by atoms with Crippen LogP contribution in [-0.2, 0) is 24.5 Å². The third-order valence-corrected chi connectivity index (χ3v) is 8.51. The van der Waals surface area contributed by atoms with E-state index in [9.17, 15) is 26.3 Å². The molecule has 0 unspecified atom stereocenters. The lowest BCUT2D eigenvalue weighted by atomic mass is 10.2. The first-order chi connectivity index (χ1) is 23.2. The Morgan fingerprint density at radius 1 is 0.780 bits per heavy atom. The minimum absolute atomic E-state index is 0.